The minimum atomic E-state index is -2.30. The Bertz CT molecular complexity index is 1260. The normalized spacial score (nSPS) is 17.1. The number of benzene rings is 2. The molecule has 10 nitrogen and oxygen atoms in total. The highest BCUT2D eigenvalue weighted by molar-refractivity contribution is 6.03. The monoisotopic (exact) mass is 570 g/mol. The van der Waals surface area contributed by atoms with Gasteiger partial charge in [0, 0.05) is 25.1 Å². The number of aliphatic hydroxyl groups excluding tert-OH is 2. The van der Waals surface area contributed by atoms with Crippen molar-refractivity contribution in [2.75, 3.05) is 26.9 Å². The second-order valence-corrected chi connectivity index (χ2v) is 11.3. The number of ketones is 2. The van der Waals surface area contributed by atoms with Crippen LogP contribution < -0.4 is 15.8 Å². The van der Waals surface area contributed by atoms with Crippen molar-refractivity contribution in [2.45, 2.75) is 58.1 Å². The van der Waals surface area contributed by atoms with Gasteiger partial charge in [-0.25, -0.2) is 0 Å². The Morgan fingerprint density at radius 2 is 1.88 bits per heavy atom. The highest BCUT2D eigenvalue weighted by Crippen LogP contribution is 2.43. The number of nitrogens with two attached hydrogens (primary N) is 1. The van der Waals surface area contributed by atoms with Crippen LogP contribution in [0.5, 0.6) is 11.5 Å². The van der Waals surface area contributed by atoms with Crippen LogP contribution in [0.25, 0.3) is 11.1 Å². The van der Waals surface area contributed by atoms with Crippen LogP contribution in [-0.2, 0) is 22.6 Å². The number of nitrogens with one attached hydrogen (secondary N) is 1. The Kier molecular flexibility index (Phi) is 11.0. The van der Waals surface area contributed by atoms with E-state index in [9.17, 15) is 34.8 Å². The highest BCUT2D eigenvalue weighted by atomic mass is 16.5. The molecule has 41 heavy (non-hydrogen) atoms. The molecule has 0 aliphatic heterocycles. The van der Waals surface area contributed by atoms with Gasteiger partial charge in [-0.05, 0) is 78.5 Å². The average Bonchev–Trinajstić information content (AvgIpc) is 2.91. The standard InChI is InChI=1S/C31H42N2O8/c1-18(2)15-33-16-19-4-7-27(41-3)23(11-19)22-5-6-25(36)30-24(22)12-20(13-26(30)37)10-21(8-9-34)31(40,17-35)28(38)14-29(32)39/h4-7,11,18,20-21,33-36,40H,8-10,12-17H2,1-3H3,(H2,32,39)/t20-,21-,31-/m1/s1. The van der Waals surface area contributed by atoms with Crippen LogP contribution in [0.4, 0.5) is 0 Å². The fourth-order valence-corrected chi connectivity index (χ4v) is 5.75. The maximum atomic E-state index is 13.4. The van der Waals surface area contributed by atoms with Gasteiger partial charge in [0.15, 0.2) is 11.6 Å². The van der Waals surface area contributed by atoms with Crippen molar-refractivity contribution in [3.8, 4) is 22.6 Å². The van der Waals surface area contributed by atoms with E-state index < -0.39 is 36.2 Å². The number of hydrogen-bond donors (Lipinski definition) is 6. The van der Waals surface area contributed by atoms with E-state index in [1.807, 2.05) is 18.2 Å². The third-order valence-electron chi connectivity index (χ3n) is 7.80. The van der Waals surface area contributed by atoms with Crippen molar-refractivity contribution in [3.05, 3.63) is 47.0 Å². The number of phenolic OH excluding ortho intramolecular Hbond substituents is 1. The molecular formula is C31H42N2O8. The number of aliphatic hydroxyl groups is 3. The summed E-state index contributed by atoms with van der Waals surface area (Å²) in [5.74, 6) is -2.52. The molecule has 0 fully saturated rings. The molecule has 0 bridgehead atoms. The first-order valence-corrected chi connectivity index (χ1v) is 14.0. The van der Waals surface area contributed by atoms with Crippen molar-refractivity contribution in [3.63, 3.8) is 0 Å². The molecule has 0 spiro atoms. The zero-order valence-corrected chi connectivity index (χ0v) is 24.0. The molecule has 2 aromatic rings. The summed E-state index contributed by atoms with van der Waals surface area (Å²) in [5, 5.41) is 44.9. The number of methoxy groups -OCH3 is 1. The van der Waals surface area contributed by atoms with Gasteiger partial charge in [-0.15, -0.1) is 0 Å². The summed E-state index contributed by atoms with van der Waals surface area (Å²) < 4.78 is 5.65. The molecule has 0 unspecified atom stereocenters. The first-order chi connectivity index (χ1) is 19.4. The zero-order valence-electron chi connectivity index (χ0n) is 24.0. The van der Waals surface area contributed by atoms with Gasteiger partial charge in [0.25, 0.3) is 0 Å². The summed E-state index contributed by atoms with van der Waals surface area (Å²) in [6, 6.07) is 9.07. The summed E-state index contributed by atoms with van der Waals surface area (Å²) in [4.78, 5) is 37.5. The smallest absolute Gasteiger partial charge is 0.224 e. The fourth-order valence-electron chi connectivity index (χ4n) is 5.75. The van der Waals surface area contributed by atoms with Crippen molar-refractivity contribution >= 4 is 17.5 Å². The number of ether oxygens (including phenoxy) is 1. The van der Waals surface area contributed by atoms with E-state index >= 15 is 0 Å². The third kappa shape index (κ3) is 7.51. The number of carbonyl (C=O) groups excluding carboxylic acids is 3. The van der Waals surface area contributed by atoms with Crippen LogP contribution in [-0.4, -0.2) is 70.4 Å². The summed E-state index contributed by atoms with van der Waals surface area (Å²) in [6.07, 6.45) is -0.319. The van der Waals surface area contributed by atoms with Crippen LogP contribution in [0, 0.1) is 17.8 Å². The summed E-state index contributed by atoms with van der Waals surface area (Å²) in [6.45, 7) is 4.41. The topological polar surface area (TPSA) is 179 Å². The molecular weight excluding hydrogens is 528 g/mol. The molecule has 3 rings (SSSR count). The van der Waals surface area contributed by atoms with Crippen LogP contribution >= 0.6 is 0 Å². The van der Waals surface area contributed by atoms with Gasteiger partial charge < -0.3 is 36.2 Å². The van der Waals surface area contributed by atoms with Gasteiger partial charge in [0.1, 0.15) is 17.1 Å². The predicted octanol–water partition coefficient (Wildman–Crippen LogP) is 2.12. The van der Waals surface area contributed by atoms with Crippen LogP contribution in [0.1, 0.15) is 61.0 Å². The lowest BCUT2D eigenvalue weighted by atomic mass is 9.71. The number of rotatable bonds is 15. The lowest BCUT2D eigenvalue weighted by molar-refractivity contribution is -0.153. The molecule has 1 aliphatic rings. The van der Waals surface area contributed by atoms with Crippen molar-refractivity contribution in [1.82, 2.24) is 5.32 Å². The van der Waals surface area contributed by atoms with Crippen molar-refractivity contribution < 1.29 is 39.5 Å². The number of hydrogen-bond acceptors (Lipinski definition) is 9. The quantitative estimate of drug-likeness (QED) is 0.175. The van der Waals surface area contributed by atoms with E-state index in [1.54, 1.807) is 13.2 Å². The molecule has 10 heteroatoms. The Hall–Kier alpha value is -3.31. The Morgan fingerprint density at radius 1 is 1.15 bits per heavy atom. The molecule has 7 N–H and O–H groups in total. The number of aromatic hydroxyl groups is 1. The van der Waals surface area contributed by atoms with Gasteiger partial charge in [0.05, 0.1) is 25.7 Å². The van der Waals surface area contributed by atoms with E-state index in [1.165, 1.54) is 6.07 Å². The molecule has 0 saturated heterocycles. The van der Waals surface area contributed by atoms with Gasteiger partial charge >= 0.3 is 0 Å². The summed E-state index contributed by atoms with van der Waals surface area (Å²) in [5.41, 5.74) is 6.20. The molecule has 3 atom stereocenters. The van der Waals surface area contributed by atoms with Crippen LogP contribution in [0.15, 0.2) is 30.3 Å². The average molecular weight is 571 g/mol. The minimum Gasteiger partial charge on any atom is -0.507 e. The summed E-state index contributed by atoms with van der Waals surface area (Å²) >= 11 is 0. The van der Waals surface area contributed by atoms with Crippen LogP contribution in [0.2, 0.25) is 0 Å². The zero-order chi connectivity index (χ0) is 30.3. The lowest BCUT2D eigenvalue weighted by Gasteiger charge is -2.36. The lowest BCUT2D eigenvalue weighted by Crippen LogP contribution is -2.51. The van der Waals surface area contributed by atoms with E-state index in [-0.39, 0.29) is 48.9 Å². The van der Waals surface area contributed by atoms with Gasteiger partial charge in [-0.2, -0.15) is 0 Å². The number of carbonyl (C=O) groups is 3. The Morgan fingerprint density at radius 3 is 2.49 bits per heavy atom. The molecule has 0 radical (unpaired) electrons. The molecule has 1 amide bonds. The van der Waals surface area contributed by atoms with E-state index in [4.69, 9.17) is 10.5 Å². The molecule has 1 aliphatic carbocycles. The Labute approximate surface area is 240 Å². The first kappa shape index (κ1) is 32.2. The first-order valence-electron chi connectivity index (χ1n) is 14.0. The van der Waals surface area contributed by atoms with Gasteiger partial charge in [-0.3, -0.25) is 14.4 Å². The van der Waals surface area contributed by atoms with E-state index in [0.717, 1.165) is 23.2 Å². The van der Waals surface area contributed by atoms with Gasteiger partial charge in [-0.1, -0.05) is 26.0 Å². The number of amides is 1. The SMILES string of the molecule is COc1ccc(CNCC(C)C)cc1-c1ccc(O)c2c1C[C@@H](C[C@@H](CCO)[C@](O)(CO)C(=O)CC(N)=O)CC2=O. The maximum absolute atomic E-state index is 13.4. The number of primary amides is 1. The molecule has 2 aromatic carbocycles. The third-order valence-corrected chi connectivity index (χ3v) is 7.80. The second-order valence-electron chi connectivity index (χ2n) is 11.3. The molecule has 0 aromatic heterocycles. The fraction of sp³-hybridized carbons (Fsp3) is 0.516. The molecule has 0 heterocycles. The highest BCUT2D eigenvalue weighted by Gasteiger charge is 2.45. The molecule has 0 saturated carbocycles. The maximum Gasteiger partial charge on any atom is 0.224 e. The number of fused-ring (bicyclic) bond motifs is 1. The Balaban J connectivity index is 2.00. The largest absolute Gasteiger partial charge is 0.507 e. The van der Waals surface area contributed by atoms with Crippen molar-refractivity contribution in [2.24, 2.45) is 23.5 Å². The van der Waals surface area contributed by atoms with Gasteiger partial charge in [0.2, 0.25) is 5.91 Å². The minimum absolute atomic E-state index is 0.0355. The molecule has 224 valence electrons. The predicted molar refractivity (Wildman–Crippen MR) is 153 cm³/mol. The van der Waals surface area contributed by atoms with E-state index in [2.05, 4.69) is 19.2 Å². The van der Waals surface area contributed by atoms with E-state index in [0.29, 0.717) is 30.2 Å². The van der Waals surface area contributed by atoms with Crippen LogP contribution in [0.3, 0.4) is 0 Å². The number of phenols is 1. The number of Topliss-reactive ketones (excluding diaryl/α,β-unsaturated/α-hetero) is 2. The second kappa shape index (κ2) is 14.0. The van der Waals surface area contributed by atoms with Crippen molar-refractivity contribution in [1.29, 1.82) is 0 Å². The summed E-state index contributed by atoms with van der Waals surface area (Å²) in [7, 11) is 1.56.